The van der Waals surface area contributed by atoms with Crippen LogP contribution >= 0.6 is 24.0 Å². The summed E-state index contributed by atoms with van der Waals surface area (Å²) in [4.78, 5) is 4.07. The van der Waals surface area contributed by atoms with E-state index >= 15 is 0 Å². The highest BCUT2D eigenvalue weighted by atomic mass is 35.5. The van der Waals surface area contributed by atoms with E-state index in [-0.39, 0.29) is 23.5 Å². The highest BCUT2D eigenvalue weighted by molar-refractivity contribution is 7.89. The summed E-state index contributed by atoms with van der Waals surface area (Å²) in [5, 5.41) is 3.94. The van der Waals surface area contributed by atoms with E-state index in [1.807, 2.05) is 25.1 Å². The molecule has 9 heteroatoms. The lowest BCUT2D eigenvalue weighted by Crippen LogP contribution is -2.48. The summed E-state index contributed by atoms with van der Waals surface area (Å²) in [7, 11) is -3.64. The van der Waals surface area contributed by atoms with Crippen molar-refractivity contribution in [1.29, 1.82) is 0 Å². The minimum atomic E-state index is -3.64. The Hall–Kier alpha value is -1.12. The molecule has 0 radical (unpaired) electrons. The lowest BCUT2D eigenvalue weighted by Gasteiger charge is -2.35. The van der Waals surface area contributed by atoms with Crippen LogP contribution in [-0.2, 0) is 16.6 Å². The second-order valence-corrected chi connectivity index (χ2v) is 7.71. The Balaban J connectivity index is 0.00000208. The van der Waals surface area contributed by atoms with Crippen molar-refractivity contribution in [3.8, 4) is 0 Å². The van der Waals surface area contributed by atoms with Gasteiger partial charge in [0.05, 0.1) is 12.4 Å². The monoisotopic (exact) mass is 390 g/mol. The molecule has 1 saturated heterocycles. The fraction of sp³-hybridized carbons (Fsp3) is 0.400. The van der Waals surface area contributed by atoms with Crippen LogP contribution in [0.4, 0.5) is 0 Å². The predicted octanol–water partition coefficient (Wildman–Crippen LogP) is 2.31. The molecule has 1 aliphatic heterocycles. The molecule has 1 unspecified atom stereocenters. The van der Waals surface area contributed by atoms with E-state index in [9.17, 15) is 8.42 Å². The number of halogens is 2. The van der Waals surface area contributed by atoms with Crippen LogP contribution in [0, 0.1) is 0 Å². The molecular weight excluding hydrogens is 371 g/mol. The molecule has 1 aromatic carbocycles. The van der Waals surface area contributed by atoms with Gasteiger partial charge in [0.2, 0.25) is 0 Å². The van der Waals surface area contributed by atoms with Crippen molar-refractivity contribution < 1.29 is 8.42 Å². The van der Waals surface area contributed by atoms with Gasteiger partial charge in [0.1, 0.15) is 0 Å². The first-order chi connectivity index (χ1) is 11.0. The molecule has 0 amide bonds. The molecule has 0 spiro atoms. The zero-order chi connectivity index (χ0) is 16.4. The maximum atomic E-state index is 13.0. The minimum absolute atomic E-state index is 0. The molecule has 1 atom stereocenters. The Morgan fingerprint density at radius 3 is 2.88 bits per heavy atom. The van der Waals surface area contributed by atoms with Crippen LogP contribution in [0.25, 0.3) is 0 Å². The summed E-state index contributed by atoms with van der Waals surface area (Å²) >= 11 is 6.06. The number of hydrogen-bond donors (Lipinski definition) is 1. The first-order valence-electron chi connectivity index (χ1n) is 7.52. The van der Waals surface area contributed by atoms with Gasteiger partial charge >= 0.3 is 0 Å². The maximum Gasteiger partial charge on any atom is 0.262 e. The third-order valence-corrected chi connectivity index (χ3v) is 6.00. The van der Waals surface area contributed by atoms with Crippen LogP contribution in [0.5, 0.6) is 0 Å². The average Bonchev–Trinajstić information content (AvgIpc) is 3.05. The quantitative estimate of drug-likeness (QED) is 0.869. The number of hydrogen-bond acceptors (Lipinski definition) is 4. The zero-order valence-electron chi connectivity index (χ0n) is 13.2. The lowest BCUT2D eigenvalue weighted by atomic mass is 10.1. The Morgan fingerprint density at radius 1 is 1.42 bits per heavy atom. The average molecular weight is 391 g/mol. The van der Waals surface area contributed by atoms with Gasteiger partial charge in [0.25, 0.3) is 10.0 Å². The number of rotatable bonds is 4. The van der Waals surface area contributed by atoms with Gasteiger partial charge in [-0.2, -0.15) is 4.31 Å². The molecule has 3 rings (SSSR count). The summed E-state index contributed by atoms with van der Waals surface area (Å²) in [6, 6.07) is 7.04. The van der Waals surface area contributed by atoms with Crippen molar-refractivity contribution in [2.75, 3.05) is 19.6 Å². The molecule has 2 heterocycles. The zero-order valence-corrected chi connectivity index (χ0v) is 15.6. The normalized spacial score (nSPS) is 19.0. The van der Waals surface area contributed by atoms with Crippen molar-refractivity contribution in [3.05, 3.63) is 47.4 Å². The standard InChI is InChI=1S/C15H19ClN4O2S.ClH/c1-2-19-10-15(18-11-19)23(21,22)20-7-6-17-9-14(20)12-4-3-5-13(16)8-12;/h3-5,8,10-11,14,17H,2,6-7,9H2,1H3;1H. The molecule has 0 aliphatic carbocycles. The van der Waals surface area contributed by atoms with E-state index in [1.54, 1.807) is 23.2 Å². The number of nitrogens with zero attached hydrogens (tertiary/aromatic N) is 3. The molecule has 2 aromatic rings. The first-order valence-corrected chi connectivity index (χ1v) is 9.34. The highest BCUT2D eigenvalue weighted by Crippen LogP contribution is 2.29. The smallest absolute Gasteiger partial charge is 0.262 e. The molecule has 6 nitrogen and oxygen atoms in total. The van der Waals surface area contributed by atoms with Gasteiger partial charge in [-0.15, -0.1) is 12.4 Å². The second-order valence-electron chi connectivity index (χ2n) is 5.43. The van der Waals surface area contributed by atoms with Crippen molar-refractivity contribution in [1.82, 2.24) is 19.2 Å². The number of nitrogens with one attached hydrogen (secondary N) is 1. The fourth-order valence-electron chi connectivity index (χ4n) is 2.74. The summed E-state index contributed by atoms with van der Waals surface area (Å²) in [5.74, 6) is 0. The molecule has 1 aliphatic rings. The SMILES string of the molecule is CCn1cnc(S(=O)(=O)N2CCNCC2c2cccc(Cl)c2)c1.Cl. The molecule has 1 N–H and O–H groups in total. The van der Waals surface area contributed by atoms with E-state index in [1.165, 1.54) is 4.31 Å². The van der Waals surface area contributed by atoms with Gasteiger partial charge in [-0.3, -0.25) is 0 Å². The fourth-order valence-corrected chi connectivity index (χ4v) is 4.49. The van der Waals surface area contributed by atoms with Crippen LogP contribution in [0.15, 0.2) is 41.8 Å². The summed E-state index contributed by atoms with van der Waals surface area (Å²) < 4.78 is 29.2. The lowest BCUT2D eigenvalue weighted by molar-refractivity contribution is 0.271. The molecule has 0 bridgehead atoms. The first kappa shape index (κ1) is 19.2. The topological polar surface area (TPSA) is 67.2 Å². The number of aromatic nitrogens is 2. The van der Waals surface area contributed by atoms with E-state index in [2.05, 4.69) is 10.3 Å². The minimum Gasteiger partial charge on any atom is -0.336 e. The third-order valence-electron chi connectivity index (χ3n) is 3.98. The van der Waals surface area contributed by atoms with Gasteiger partial charge in [0, 0.05) is 37.4 Å². The number of piperazine rings is 1. The van der Waals surface area contributed by atoms with Crippen LogP contribution in [0.1, 0.15) is 18.5 Å². The van der Waals surface area contributed by atoms with Crippen LogP contribution < -0.4 is 5.32 Å². The summed E-state index contributed by atoms with van der Waals surface area (Å²) in [6.45, 7) is 4.19. The number of sulfonamides is 1. The molecule has 0 saturated carbocycles. The van der Waals surface area contributed by atoms with Crippen LogP contribution in [-0.4, -0.2) is 41.9 Å². The third kappa shape index (κ3) is 3.75. The van der Waals surface area contributed by atoms with Crippen molar-refractivity contribution in [2.24, 2.45) is 0 Å². The van der Waals surface area contributed by atoms with Crippen molar-refractivity contribution in [2.45, 2.75) is 24.5 Å². The highest BCUT2D eigenvalue weighted by Gasteiger charge is 2.35. The van der Waals surface area contributed by atoms with Crippen LogP contribution in [0.3, 0.4) is 0 Å². The molecule has 1 aromatic heterocycles. The molecular formula is C15H20Cl2N4O2S. The van der Waals surface area contributed by atoms with Gasteiger partial charge in [-0.05, 0) is 24.6 Å². The van der Waals surface area contributed by atoms with E-state index in [0.717, 1.165) is 5.56 Å². The van der Waals surface area contributed by atoms with E-state index < -0.39 is 10.0 Å². The van der Waals surface area contributed by atoms with E-state index in [4.69, 9.17) is 11.6 Å². The number of benzene rings is 1. The van der Waals surface area contributed by atoms with Crippen LogP contribution in [0.2, 0.25) is 5.02 Å². The maximum absolute atomic E-state index is 13.0. The summed E-state index contributed by atoms with van der Waals surface area (Å²) in [5.41, 5.74) is 0.878. The molecule has 24 heavy (non-hydrogen) atoms. The number of aryl methyl sites for hydroxylation is 1. The van der Waals surface area contributed by atoms with Gasteiger partial charge < -0.3 is 9.88 Å². The van der Waals surface area contributed by atoms with Gasteiger partial charge in [-0.1, -0.05) is 23.7 Å². The molecule has 1 fully saturated rings. The largest absolute Gasteiger partial charge is 0.336 e. The van der Waals surface area contributed by atoms with Gasteiger partial charge in [-0.25, -0.2) is 13.4 Å². The van der Waals surface area contributed by atoms with Crippen molar-refractivity contribution in [3.63, 3.8) is 0 Å². The predicted molar refractivity (Wildman–Crippen MR) is 96.1 cm³/mol. The Kier molecular flexibility index (Phi) is 6.28. The Morgan fingerprint density at radius 2 is 2.21 bits per heavy atom. The van der Waals surface area contributed by atoms with E-state index in [0.29, 0.717) is 31.2 Å². The van der Waals surface area contributed by atoms with Crippen molar-refractivity contribution >= 4 is 34.0 Å². The molecule has 132 valence electrons. The Labute approximate surface area is 153 Å². The second kappa shape index (κ2) is 7.84. The summed E-state index contributed by atoms with van der Waals surface area (Å²) in [6.07, 6.45) is 3.12. The Bertz CT molecular complexity index is 794. The number of imidazole rings is 1. The van der Waals surface area contributed by atoms with Gasteiger partial charge in [0.15, 0.2) is 5.03 Å².